The summed E-state index contributed by atoms with van der Waals surface area (Å²) in [7, 11) is 0. The lowest BCUT2D eigenvalue weighted by atomic mass is 10.2. The van der Waals surface area contributed by atoms with E-state index in [0.717, 1.165) is 23.3 Å². The molecule has 0 bridgehead atoms. The zero-order chi connectivity index (χ0) is 14.8. The van der Waals surface area contributed by atoms with Gasteiger partial charge in [-0.15, -0.1) is 0 Å². The van der Waals surface area contributed by atoms with Crippen molar-refractivity contribution in [3.05, 3.63) is 57.8 Å². The molecule has 0 radical (unpaired) electrons. The van der Waals surface area contributed by atoms with Crippen molar-refractivity contribution >= 4 is 21.6 Å². The first-order chi connectivity index (χ1) is 9.36. The van der Waals surface area contributed by atoms with Gasteiger partial charge in [0.15, 0.2) is 0 Å². The monoisotopic (exact) mass is 344 g/mol. The van der Waals surface area contributed by atoms with Crippen molar-refractivity contribution in [3.63, 3.8) is 0 Å². The number of aryl methyl sites for hydroxylation is 1. The number of aromatic nitrogens is 1. The summed E-state index contributed by atoms with van der Waals surface area (Å²) in [5.74, 6) is 0. The van der Waals surface area contributed by atoms with Crippen molar-refractivity contribution in [1.82, 2.24) is 4.98 Å². The van der Waals surface area contributed by atoms with E-state index in [1.165, 1.54) is 6.07 Å². The predicted octanol–water partition coefficient (Wildman–Crippen LogP) is 4.78. The number of alkyl halides is 3. The van der Waals surface area contributed by atoms with Crippen LogP contribution < -0.4 is 5.32 Å². The van der Waals surface area contributed by atoms with E-state index in [9.17, 15) is 13.2 Å². The largest absolute Gasteiger partial charge is 0.416 e. The maximum absolute atomic E-state index is 12.7. The number of hydrogen-bond donors (Lipinski definition) is 1. The van der Waals surface area contributed by atoms with Gasteiger partial charge in [-0.2, -0.15) is 13.2 Å². The second-order valence-corrected chi connectivity index (χ2v) is 5.27. The summed E-state index contributed by atoms with van der Waals surface area (Å²) in [6, 6.07) is 5.46. The second kappa shape index (κ2) is 5.83. The molecule has 2 aromatic rings. The lowest BCUT2D eigenvalue weighted by molar-refractivity contribution is -0.137. The van der Waals surface area contributed by atoms with E-state index < -0.39 is 11.7 Å². The number of benzene rings is 1. The van der Waals surface area contributed by atoms with Crippen LogP contribution in [0.15, 0.2) is 41.1 Å². The maximum atomic E-state index is 12.7. The highest BCUT2D eigenvalue weighted by atomic mass is 79.9. The molecule has 0 atom stereocenters. The van der Waals surface area contributed by atoms with Crippen LogP contribution in [0.4, 0.5) is 18.9 Å². The lowest BCUT2D eigenvalue weighted by Gasteiger charge is -2.12. The summed E-state index contributed by atoms with van der Waals surface area (Å²) in [5, 5.41) is 2.98. The van der Waals surface area contributed by atoms with E-state index >= 15 is 0 Å². The molecule has 0 saturated carbocycles. The molecule has 1 aromatic heterocycles. The Bertz CT molecular complexity index is 612. The third kappa shape index (κ3) is 3.72. The Labute approximate surface area is 123 Å². The summed E-state index contributed by atoms with van der Waals surface area (Å²) in [6.45, 7) is 2.32. The van der Waals surface area contributed by atoms with Gasteiger partial charge in [0.25, 0.3) is 0 Å². The Hall–Kier alpha value is -1.56. The molecule has 1 aromatic carbocycles. The van der Waals surface area contributed by atoms with Gasteiger partial charge < -0.3 is 5.32 Å². The van der Waals surface area contributed by atoms with Crippen LogP contribution in [0.3, 0.4) is 0 Å². The van der Waals surface area contributed by atoms with Crippen LogP contribution in [0, 0.1) is 6.92 Å². The fourth-order valence-corrected chi connectivity index (χ4v) is 2.14. The number of anilines is 1. The summed E-state index contributed by atoms with van der Waals surface area (Å²) in [4.78, 5) is 4.04. The molecule has 0 aliphatic heterocycles. The summed E-state index contributed by atoms with van der Waals surface area (Å²) in [5.41, 5.74) is 1.65. The van der Waals surface area contributed by atoms with E-state index in [2.05, 4.69) is 26.2 Å². The first kappa shape index (κ1) is 14.8. The Morgan fingerprint density at radius 1 is 1.20 bits per heavy atom. The van der Waals surface area contributed by atoms with Crippen molar-refractivity contribution < 1.29 is 13.2 Å². The van der Waals surface area contributed by atoms with Crippen LogP contribution in [0.1, 0.15) is 16.7 Å². The van der Waals surface area contributed by atoms with Gasteiger partial charge in [-0.1, -0.05) is 6.07 Å². The van der Waals surface area contributed by atoms with E-state index in [1.807, 2.05) is 13.0 Å². The minimum atomic E-state index is -4.35. The van der Waals surface area contributed by atoms with Gasteiger partial charge in [-0.05, 0) is 52.2 Å². The first-order valence-corrected chi connectivity index (χ1v) is 6.67. The first-order valence-electron chi connectivity index (χ1n) is 5.87. The molecule has 0 amide bonds. The average Bonchev–Trinajstić information content (AvgIpc) is 2.36. The van der Waals surface area contributed by atoms with Crippen LogP contribution in [0.25, 0.3) is 0 Å². The molecule has 2 nitrogen and oxygen atoms in total. The van der Waals surface area contributed by atoms with Gasteiger partial charge in [-0.25, -0.2) is 0 Å². The normalized spacial score (nSPS) is 11.4. The zero-order valence-electron chi connectivity index (χ0n) is 10.6. The second-order valence-electron chi connectivity index (χ2n) is 4.42. The van der Waals surface area contributed by atoms with Crippen LogP contribution >= 0.6 is 15.9 Å². The highest BCUT2D eigenvalue weighted by molar-refractivity contribution is 9.10. The third-order valence-electron chi connectivity index (χ3n) is 2.71. The Kier molecular flexibility index (Phi) is 4.32. The zero-order valence-corrected chi connectivity index (χ0v) is 12.2. The molecule has 0 fully saturated rings. The van der Waals surface area contributed by atoms with E-state index in [1.54, 1.807) is 12.4 Å². The Morgan fingerprint density at radius 2 is 1.95 bits per heavy atom. The Morgan fingerprint density at radius 3 is 2.60 bits per heavy atom. The molecular weight excluding hydrogens is 333 g/mol. The van der Waals surface area contributed by atoms with Gasteiger partial charge in [0, 0.05) is 29.1 Å². The molecule has 0 saturated heterocycles. The minimum Gasteiger partial charge on any atom is -0.380 e. The summed E-state index contributed by atoms with van der Waals surface area (Å²) >= 11 is 3.24. The van der Waals surface area contributed by atoms with Crippen molar-refractivity contribution in [3.8, 4) is 0 Å². The molecule has 0 spiro atoms. The molecule has 1 heterocycles. The molecule has 0 aliphatic rings. The van der Waals surface area contributed by atoms with Crippen molar-refractivity contribution in [2.24, 2.45) is 0 Å². The highest BCUT2D eigenvalue weighted by Gasteiger charge is 2.30. The lowest BCUT2D eigenvalue weighted by Crippen LogP contribution is -2.07. The summed E-state index contributed by atoms with van der Waals surface area (Å²) < 4.78 is 38.6. The molecule has 20 heavy (non-hydrogen) atoms. The number of nitrogens with zero attached hydrogens (tertiary/aromatic N) is 1. The third-order valence-corrected chi connectivity index (χ3v) is 3.40. The van der Waals surface area contributed by atoms with Crippen molar-refractivity contribution in [2.45, 2.75) is 19.6 Å². The predicted molar refractivity (Wildman–Crippen MR) is 75.4 cm³/mol. The van der Waals surface area contributed by atoms with Crippen LogP contribution in [0.2, 0.25) is 0 Å². The van der Waals surface area contributed by atoms with Crippen molar-refractivity contribution in [1.29, 1.82) is 0 Å². The number of rotatable bonds is 3. The molecule has 106 valence electrons. The summed E-state index contributed by atoms with van der Waals surface area (Å²) in [6.07, 6.45) is -0.937. The number of nitrogens with one attached hydrogen (secondary N) is 1. The molecule has 0 aliphatic carbocycles. The smallest absolute Gasteiger partial charge is 0.380 e. The molecule has 6 heteroatoms. The van der Waals surface area contributed by atoms with Gasteiger partial charge in [-0.3, -0.25) is 4.98 Å². The molecule has 0 unspecified atom stereocenters. The average molecular weight is 345 g/mol. The fraction of sp³-hybridized carbons (Fsp3) is 0.214. The van der Waals surface area contributed by atoms with Crippen LogP contribution in [-0.2, 0) is 12.7 Å². The Balaban J connectivity index is 2.17. The van der Waals surface area contributed by atoms with E-state index in [-0.39, 0.29) is 0 Å². The molecular formula is C14H12BrF3N2. The van der Waals surface area contributed by atoms with E-state index in [0.29, 0.717) is 16.7 Å². The van der Waals surface area contributed by atoms with Gasteiger partial charge in [0.1, 0.15) is 0 Å². The van der Waals surface area contributed by atoms with Gasteiger partial charge >= 0.3 is 6.18 Å². The molecule has 2 rings (SSSR count). The number of pyridine rings is 1. The van der Waals surface area contributed by atoms with Crippen LogP contribution in [0.5, 0.6) is 0 Å². The van der Waals surface area contributed by atoms with Crippen LogP contribution in [-0.4, -0.2) is 4.98 Å². The van der Waals surface area contributed by atoms with Gasteiger partial charge in [0.2, 0.25) is 0 Å². The topological polar surface area (TPSA) is 24.9 Å². The SMILES string of the molecule is Cc1cncc(CNc2cc(C(F)(F)F)ccc2Br)c1. The van der Waals surface area contributed by atoms with Gasteiger partial charge in [0.05, 0.1) is 5.56 Å². The van der Waals surface area contributed by atoms with E-state index in [4.69, 9.17) is 0 Å². The van der Waals surface area contributed by atoms with Crippen molar-refractivity contribution in [2.75, 3.05) is 5.32 Å². The number of halogens is 4. The highest BCUT2D eigenvalue weighted by Crippen LogP contribution is 2.34. The standard InChI is InChI=1S/C14H12BrF3N2/c1-9-4-10(7-19-6-9)8-20-13-5-11(14(16,17)18)2-3-12(13)15/h2-7,20H,8H2,1H3. The molecule has 1 N–H and O–H groups in total. The maximum Gasteiger partial charge on any atom is 0.416 e. The number of hydrogen-bond acceptors (Lipinski definition) is 2. The fourth-order valence-electron chi connectivity index (χ4n) is 1.75. The quantitative estimate of drug-likeness (QED) is 0.866. The minimum absolute atomic E-state index is 0.404.